The lowest BCUT2D eigenvalue weighted by Crippen LogP contribution is -2.36. The molecule has 0 aliphatic carbocycles. The Labute approximate surface area is 232 Å². The van der Waals surface area contributed by atoms with Crippen LogP contribution in [0.5, 0.6) is 0 Å². The predicted molar refractivity (Wildman–Crippen MR) is 147 cm³/mol. The molecule has 2 aromatic carbocycles. The molecule has 2 aliphatic rings. The van der Waals surface area contributed by atoms with Gasteiger partial charge in [0.2, 0.25) is 5.91 Å². The highest BCUT2D eigenvalue weighted by molar-refractivity contribution is 8.18. The van der Waals surface area contributed by atoms with Crippen molar-refractivity contribution in [2.45, 2.75) is 0 Å². The summed E-state index contributed by atoms with van der Waals surface area (Å²) in [6.45, 7) is 2.50. The Bertz CT molecular complexity index is 1480. The number of ether oxygens (including phenoxy) is 1. The molecule has 0 radical (unpaired) electrons. The second-order valence-corrected chi connectivity index (χ2v) is 10.1. The molecule has 3 heterocycles. The van der Waals surface area contributed by atoms with Crippen LogP contribution in [0.15, 0.2) is 63.9 Å². The van der Waals surface area contributed by atoms with Crippen molar-refractivity contribution in [2.24, 2.45) is 0 Å². The molecule has 10 nitrogen and oxygen atoms in total. The zero-order valence-electron chi connectivity index (χ0n) is 20.4. The van der Waals surface area contributed by atoms with Crippen molar-refractivity contribution >= 4 is 63.8 Å². The number of rotatable bonds is 7. The Morgan fingerprint density at radius 2 is 1.79 bits per heavy atom. The molecule has 39 heavy (non-hydrogen) atoms. The lowest BCUT2D eigenvalue weighted by molar-refractivity contribution is -0.127. The highest BCUT2D eigenvalue weighted by atomic mass is 35.5. The largest absolute Gasteiger partial charge is 0.478 e. The van der Waals surface area contributed by atoms with Gasteiger partial charge in [0.15, 0.2) is 0 Å². The van der Waals surface area contributed by atoms with E-state index in [0.29, 0.717) is 42.0 Å². The molecular formula is C27H22ClN3O7S. The number of furan rings is 1. The van der Waals surface area contributed by atoms with E-state index in [4.69, 9.17) is 20.8 Å². The smallest absolute Gasteiger partial charge is 0.337 e. The minimum Gasteiger partial charge on any atom is -0.478 e. The molecule has 2 N–H and O–H groups in total. The quantitative estimate of drug-likeness (QED) is 0.386. The van der Waals surface area contributed by atoms with Crippen molar-refractivity contribution in [3.63, 3.8) is 0 Å². The molecule has 0 saturated carbocycles. The molecule has 2 fully saturated rings. The molecule has 0 atom stereocenters. The number of thioether (sulfide) groups is 1. The maximum atomic E-state index is 12.9. The van der Waals surface area contributed by atoms with Crippen LogP contribution in [-0.4, -0.2) is 65.9 Å². The third kappa shape index (κ3) is 6.00. The molecule has 0 unspecified atom stereocenters. The van der Waals surface area contributed by atoms with E-state index in [-0.39, 0.29) is 21.3 Å². The fourth-order valence-electron chi connectivity index (χ4n) is 4.11. The first-order chi connectivity index (χ1) is 18.8. The molecule has 3 amide bonds. The summed E-state index contributed by atoms with van der Waals surface area (Å²) in [6, 6.07) is 15.0. The number of anilines is 2. The minimum atomic E-state index is -1.17. The second kappa shape index (κ2) is 11.4. The van der Waals surface area contributed by atoms with Gasteiger partial charge in [0.1, 0.15) is 18.1 Å². The first-order valence-corrected chi connectivity index (χ1v) is 13.1. The number of nitrogens with zero attached hydrogens (tertiary/aromatic N) is 2. The number of carbonyl (C=O) groups is 4. The van der Waals surface area contributed by atoms with Gasteiger partial charge >= 0.3 is 5.97 Å². The van der Waals surface area contributed by atoms with Crippen molar-refractivity contribution in [1.82, 2.24) is 4.90 Å². The van der Waals surface area contributed by atoms with Gasteiger partial charge in [-0.15, -0.1) is 0 Å². The van der Waals surface area contributed by atoms with Gasteiger partial charge in [-0.2, -0.15) is 0 Å². The summed E-state index contributed by atoms with van der Waals surface area (Å²) >= 11 is 6.63. The summed E-state index contributed by atoms with van der Waals surface area (Å²) in [5, 5.41) is 11.5. The van der Waals surface area contributed by atoms with Crippen molar-refractivity contribution in [2.75, 3.05) is 43.1 Å². The zero-order valence-corrected chi connectivity index (χ0v) is 22.0. The molecule has 2 saturated heterocycles. The number of aromatic carboxylic acids is 1. The molecule has 200 valence electrons. The van der Waals surface area contributed by atoms with Crippen LogP contribution in [0, 0.1) is 0 Å². The van der Waals surface area contributed by atoms with Gasteiger partial charge in [-0.05, 0) is 66.4 Å². The number of morpholine rings is 1. The molecule has 0 spiro atoms. The van der Waals surface area contributed by atoms with Crippen LogP contribution in [0.25, 0.3) is 17.4 Å². The number of carbonyl (C=O) groups excluding carboxylic acids is 3. The van der Waals surface area contributed by atoms with Crippen LogP contribution in [0.2, 0.25) is 5.02 Å². The number of hydrogen-bond donors (Lipinski definition) is 2. The van der Waals surface area contributed by atoms with Gasteiger partial charge in [-0.1, -0.05) is 11.6 Å². The van der Waals surface area contributed by atoms with E-state index in [1.54, 1.807) is 30.3 Å². The van der Waals surface area contributed by atoms with E-state index in [2.05, 4.69) is 10.2 Å². The van der Waals surface area contributed by atoms with Crippen molar-refractivity contribution in [3.8, 4) is 11.3 Å². The molecule has 5 rings (SSSR count). The maximum Gasteiger partial charge on any atom is 0.337 e. The zero-order chi connectivity index (χ0) is 27.5. The number of nitrogens with one attached hydrogen (secondary N) is 1. The van der Waals surface area contributed by atoms with Crippen LogP contribution in [-0.2, 0) is 14.3 Å². The van der Waals surface area contributed by atoms with Crippen molar-refractivity contribution in [3.05, 3.63) is 75.8 Å². The van der Waals surface area contributed by atoms with Crippen LogP contribution < -0.4 is 10.2 Å². The van der Waals surface area contributed by atoms with Gasteiger partial charge in [0.25, 0.3) is 11.1 Å². The number of hydrogen-bond acceptors (Lipinski definition) is 8. The molecule has 2 aliphatic heterocycles. The molecule has 3 aromatic rings. The summed E-state index contributed by atoms with van der Waals surface area (Å²) in [5.74, 6) is -1.64. The lowest BCUT2D eigenvalue weighted by atomic mass is 10.1. The summed E-state index contributed by atoms with van der Waals surface area (Å²) < 4.78 is 11.1. The third-order valence-corrected chi connectivity index (χ3v) is 7.32. The number of imide groups is 1. The van der Waals surface area contributed by atoms with Crippen LogP contribution >= 0.6 is 23.4 Å². The molecule has 0 bridgehead atoms. The third-order valence-electron chi connectivity index (χ3n) is 6.08. The summed E-state index contributed by atoms with van der Waals surface area (Å²) in [5.41, 5.74) is 1.99. The first kappa shape index (κ1) is 26.5. The molecule has 12 heteroatoms. The summed E-state index contributed by atoms with van der Waals surface area (Å²) in [7, 11) is 0. The average Bonchev–Trinajstić information content (AvgIpc) is 3.50. The van der Waals surface area contributed by atoms with Crippen molar-refractivity contribution < 1.29 is 33.4 Å². The van der Waals surface area contributed by atoms with Crippen LogP contribution in [0.4, 0.5) is 16.2 Å². The van der Waals surface area contributed by atoms with Gasteiger partial charge in [-0.25, -0.2) is 4.79 Å². The number of benzene rings is 2. The van der Waals surface area contributed by atoms with Gasteiger partial charge in [0.05, 0.1) is 28.7 Å². The maximum absolute atomic E-state index is 12.9. The molecule has 1 aromatic heterocycles. The number of carboxylic acid groups (broad SMARTS) is 1. The Balaban J connectivity index is 1.22. The highest BCUT2D eigenvalue weighted by Gasteiger charge is 2.36. The monoisotopic (exact) mass is 567 g/mol. The van der Waals surface area contributed by atoms with Gasteiger partial charge < -0.3 is 24.5 Å². The van der Waals surface area contributed by atoms with E-state index in [9.17, 15) is 24.3 Å². The normalized spacial score (nSPS) is 16.7. The Morgan fingerprint density at radius 3 is 2.51 bits per heavy atom. The number of carboxylic acids is 1. The SMILES string of the molecule is O=C(CN1C(=O)S/C(=C/c2ccc(-c3ccc(Cl)c(C(=O)O)c3)o2)C1=O)Nc1ccc(N2CCOCC2)cc1. The Kier molecular flexibility index (Phi) is 7.73. The Morgan fingerprint density at radius 1 is 1.05 bits per heavy atom. The van der Waals surface area contributed by atoms with E-state index in [1.165, 1.54) is 18.2 Å². The fourth-order valence-corrected chi connectivity index (χ4v) is 5.13. The standard InChI is InChI=1S/C27H22ClN3O7S/c28-21-7-1-16(13-20(21)26(34)35)22-8-6-19(38-22)14-23-25(33)31(27(36)39-23)15-24(32)29-17-2-4-18(5-3-17)30-9-11-37-12-10-30/h1-8,13-14H,9-12,15H2,(H,29,32)(H,34,35)/b23-14+. The van der Waals surface area contributed by atoms with Crippen LogP contribution in [0.3, 0.4) is 0 Å². The molecular weight excluding hydrogens is 546 g/mol. The van der Waals surface area contributed by atoms with E-state index >= 15 is 0 Å². The number of amides is 3. The highest BCUT2D eigenvalue weighted by Crippen LogP contribution is 2.34. The van der Waals surface area contributed by atoms with Crippen molar-refractivity contribution in [1.29, 1.82) is 0 Å². The first-order valence-electron chi connectivity index (χ1n) is 11.9. The van der Waals surface area contributed by atoms with E-state index in [0.717, 1.165) is 23.7 Å². The average molecular weight is 568 g/mol. The summed E-state index contributed by atoms with van der Waals surface area (Å²) in [4.78, 5) is 52.4. The van der Waals surface area contributed by atoms with Gasteiger partial charge in [-0.3, -0.25) is 19.3 Å². The fraction of sp³-hybridized carbons (Fsp3) is 0.185. The van der Waals surface area contributed by atoms with Crippen LogP contribution in [0.1, 0.15) is 16.1 Å². The second-order valence-electron chi connectivity index (χ2n) is 8.66. The van der Waals surface area contributed by atoms with E-state index in [1.807, 2.05) is 12.1 Å². The van der Waals surface area contributed by atoms with E-state index < -0.39 is 29.6 Å². The Hall–Kier alpha value is -4.06. The summed E-state index contributed by atoms with van der Waals surface area (Å²) in [6.07, 6.45) is 1.41. The number of halogens is 1. The predicted octanol–water partition coefficient (Wildman–Crippen LogP) is 4.81. The van der Waals surface area contributed by atoms with Gasteiger partial charge in [0, 0.05) is 36.1 Å². The topological polar surface area (TPSA) is 129 Å². The lowest BCUT2D eigenvalue weighted by Gasteiger charge is -2.28. The minimum absolute atomic E-state index is 0.0699.